The third-order valence-electron chi connectivity index (χ3n) is 4.86. The SMILES string of the molecule is CC(C)(C)[Si](OCCCC(=O)C#C[Si](C)(C)C)(c1ccccc1)c1ccccc1. The maximum Gasteiger partial charge on any atom is 0.261 e. The van der Waals surface area contributed by atoms with E-state index in [9.17, 15) is 4.79 Å². The second kappa shape index (κ2) is 9.71. The van der Waals surface area contributed by atoms with Crippen molar-refractivity contribution in [3.63, 3.8) is 0 Å². The fraction of sp³-hybridized carbons (Fsp3) is 0.400. The highest BCUT2D eigenvalue weighted by molar-refractivity contribution is 6.99. The van der Waals surface area contributed by atoms with Crippen LogP contribution >= 0.6 is 0 Å². The maximum atomic E-state index is 12.2. The van der Waals surface area contributed by atoms with Crippen LogP contribution in [0.25, 0.3) is 0 Å². The van der Waals surface area contributed by atoms with Crippen molar-refractivity contribution in [3.8, 4) is 11.5 Å². The molecular weight excluding hydrogens is 388 g/mol. The Labute approximate surface area is 178 Å². The minimum Gasteiger partial charge on any atom is -0.407 e. The van der Waals surface area contributed by atoms with E-state index in [4.69, 9.17) is 4.43 Å². The third kappa shape index (κ3) is 6.27. The number of hydrogen-bond donors (Lipinski definition) is 0. The van der Waals surface area contributed by atoms with Crippen LogP contribution in [-0.2, 0) is 9.22 Å². The summed E-state index contributed by atoms with van der Waals surface area (Å²) in [6, 6.07) is 21.2. The van der Waals surface area contributed by atoms with Crippen molar-refractivity contribution in [1.29, 1.82) is 0 Å². The van der Waals surface area contributed by atoms with E-state index in [0.29, 0.717) is 19.4 Å². The average molecular weight is 423 g/mol. The Balaban J connectivity index is 2.25. The van der Waals surface area contributed by atoms with Crippen LogP contribution in [0.5, 0.6) is 0 Å². The molecule has 0 N–H and O–H groups in total. The molecule has 0 fully saturated rings. The van der Waals surface area contributed by atoms with Gasteiger partial charge in [0.15, 0.2) is 0 Å². The molecule has 0 bridgehead atoms. The summed E-state index contributed by atoms with van der Waals surface area (Å²) in [4.78, 5) is 12.2. The summed E-state index contributed by atoms with van der Waals surface area (Å²) in [6.45, 7) is 13.8. The molecule has 0 saturated carbocycles. The Kier molecular flexibility index (Phi) is 7.82. The molecule has 29 heavy (non-hydrogen) atoms. The average Bonchev–Trinajstić information content (AvgIpc) is 2.66. The molecule has 0 aliphatic heterocycles. The zero-order valence-electron chi connectivity index (χ0n) is 18.7. The molecule has 0 spiro atoms. The normalized spacial score (nSPS) is 12.2. The van der Waals surface area contributed by atoms with Crippen molar-refractivity contribution in [1.82, 2.24) is 0 Å². The summed E-state index contributed by atoms with van der Waals surface area (Å²) in [5.74, 6) is 2.87. The zero-order chi connectivity index (χ0) is 21.5. The first-order valence-corrected chi connectivity index (χ1v) is 15.8. The largest absolute Gasteiger partial charge is 0.407 e. The van der Waals surface area contributed by atoms with Gasteiger partial charge < -0.3 is 4.43 Å². The lowest BCUT2D eigenvalue weighted by atomic mass is 10.2. The Morgan fingerprint density at radius 2 is 1.38 bits per heavy atom. The number of carbonyl (C=O) groups excluding carboxylic acids is 1. The molecular formula is C25H34O2Si2. The van der Waals surface area contributed by atoms with Gasteiger partial charge in [-0.1, -0.05) is 101 Å². The van der Waals surface area contributed by atoms with Gasteiger partial charge in [0, 0.05) is 13.0 Å². The minimum atomic E-state index is -2.51. The molecule has 2 rings (SSSR count). The highest BCUT2D eigenvalue weighted by Gasteiger charge is 2.49. The van der Waals surface area contributed by atoms with Gasteiger partial charge in [0.1, 0.15) is 8.07 Å². The van der Waals surface area contributed by atoms with Gasteiger partial charge in [-0.3, -0.25) is 4.79 Å². The molecule has 0 aliphatic rings. The first-order valence-electron chi connectivity index (χ1n) is 10.4. The van der Waals surface area contributed by atoms with Gasteiger partial charge in [0.25, 0.3) is 8.32 Å². The van der Waals surface area contributed by atoms with Crippen LogP contribution in [-0.4, -0.2) is 28.8 Å². The molecule has 0 radical (unpaired) electrons. The number of Topliss-reactive ketones (excluding diaryl/α,β-unsaturated/α-hetero) is 1. The summed E-state index contributed by atoms with van der Waals surface area (Å²) in [5, 5.41) is 2.49. The lowest BCUT2D eigenvalue weighted by molar-refractivity contribution is -0.114. The molecule has 0 heterocycles. The van der Waals surface area contributed by atoms with Crippen molar-refractivity contribution in [2.45, 2.75) is 58.3 Å². The standard InChI is InChI=1S/C25H34O2Si2/c1-25(2,3)29(23-15-9-7-10-16-23,24-17-11-8-12-18-24)27-20-13-14-22(26)19-21-28(4,5)6/h7-12,15-18H,13-14,20H2,1-6H3. The van der Waals surface area contributed by atoms with Crippen molar-refractivity contribution in [2.24, 2.45) is 0 Å². The van der Waals surface area contributed by atoms with Crippen molar-refractivity contribution in [2.75, 3.05) is 6.61 Å². The topological polar surface area (TPSA) is 26.3 Å². The number of hydrogen-bond acceptors (Lipinski definition) is 2. The first-order chi connectivity index (χ1) is 13.6. The fourth-order valence-corrected chi connectivity index (χ4v) is 8.66. The number of carbonyl (C=O) groups is 1. The van der Waals surface area contributed by atoms with E-state index in [1.165, 1.54) is 10.4 Å². The molecule has 0 saturated heterocycles. The van der Waals surface area contributed by atoms with Crippen LogP contribution in [0.1, 0.15) is 33.6 Å². The summed E-state index contributed by atoms with van der Waals surface area (Å²) in [5.41, 5.74) is 3.16. The lowest BCUT2D eigenvalue weighted by Gasteiger charge is -2.43. The van der Waals surface area contributed by atoms with Crippen molar-refractivity contribution >= 4 is 32.5 Å². The quantitative estimate of drug-likeness (QED) is 0.364. The molecule has 2 nitrogen and oxygen atoms in total. The second-order valence-corrected chi connectivity index (χ2v) is 18.6. The molecule has 0 aromatic heterocycles. The van der Waals surface area contributed by atoms with Crippen molar-refractivity contribution < 1.29 is 9.22 Å². The van der Waals surface area contributed by atoms with Crippen LogP contribution in [0.4, 0.5) is 0 Å². The third-order valence-corrected chi connectivity index (χ3v) is 10.8. The van der Waals surface area contributed by atoms with Gasteiger partial charge in [-0.2, -0.15) is 0 Å². The minimum absolute atomic E-state index is 0.0264. The summed E-state index contributed by atoms with van der Waals surface area (Å²) < 4.78 is 6.81. The molecule has 154 valence electrons. The molecule has 0 aliphatic carbocycles. The Hall–Kier alpha value is -1.94. The predicted molar refractivity (Wildman–Crippen MR) is 129 cm³/mol. The van der Waals surface area contributed by atoms with Gasteiger partial charge in [-0.25, -0.2) is 0 Å². The maximum absolute atomic E-state index is 12.2. The van der Waals surface area contributed by atoms with Crippen LogP contribution in [0.15, 0.2) is 60.7 Å². The van der Waals surface area contributed by atoms with E-state index in [1.54, 1.807) is 0 Å². The Bertz CT molecular complexity index is 811. The van der Waals surface area contributed by atoms with E-state index in [0.717, 1.165) is 0 Å². The Morgan fingerprint density at radius 1 is 0.897 bits per heavy atom. The van der Waals surface area contributed by atoms with E-state index < -0.39 is 16.4 Å². The molecule has 0 amide bonds. The van der Waals surface area contributed by atoms with Crippen LogP contribution < -0.4 is 10.4 Å². The fourth-order valence-electron chi connectivity index (χ4n) is 3.54. The van der Waals surface area contributed by atoms with E-state index in [2.05, 4.69) is 100 Å². The molecule has 4 heteroatoms. The number of benzene rings is 2. The zero-order valence-corrected chi connectivity index (χ0v) is 20.7. The number of ketones is 1. The highest BCUT2D eigenvalue weighted by Crippen LogP contribution is 2.36. The molecule has 2 aromatic rings. The Morgan fingerprint density at radius 3 is 1.79 bits per heavy atom. The first kappa shape index (κ1) is 23.3. The lowest BCUT2D eigenvalue weighted by Crippen LogP contribution is -2.66. The van der Waals surface area contributed by atoms with Crippen LogP contribution in [0.3, 0.4) is 0 Å². The van der Waals surface area contributed by atoms with Gasteiger partial charge in [-0.05, 0) is 27.8 Å². The van der Waals surface area contributed by atoms with Crippen LogP contribution in [0, 0.1) is 11.5 Å². The van der Waals surface area contributed by atoms with Gasteiger partial charge >= 0.3 is 0 Å². The molecule has 2 aromatic carbocycles. The van der Waals surface area contributed by atoms with E-state index in [1.807, 2.05) is 12.1 Å². The van der Waals surface area contributed by atoms with Crippen LogP contribution in [0.2, 0.25) is 24.7 Å². The molecule has 0 unspecified atom stereocenters. The monoisotopic (exact) mass is 422 g/mol. The summed E-state index contributed by atoms with van der Waals surface area (Å²) in [7, 11) is -4.03. The van der Waals surface area contributed by atoms with Crippen molar-refractivity contribution in [3.05, 3.63) is 60.7 Å². The highest BCUT2D eigenvalue weighted by atomic mass is 28.4. The summed E-state index contributed by atoms with van der Waals surface area (Å²) >= 11 is 0. The predicted octanol–water partition coefficient (Wildman–Crippen LogP) is 4.79. The van der Waals surface area contributed by atoms with Gasteiger partial charge in [-0.15, -0.1) is 5.54 Å². The van der Waals surface area contributed by atoms with Gasteiger partial charge in [0.2, 0.25) is 5.78 Å². The van der Waals surface area contributed by atoms with E-state index >= 15 is 0 Å². The van der Waals surface area contributed by atoms with Gasteiger partial charge in [0.05, 0.1) is 0 Å². The second-order valence-electron chi connectivity index (χ2n) is 9.54. The summed E-state index contributed by atoms with van der Waals surface area (Å²) in [6.07, 6.45) is 1.15. The van der Waals surface area contributed by atoms with E-state index in [-0.39, 0.29) is 10.8 Å². The molecule has 0 atom stereocenters. The number of rotatable bonds is 7. The smallest absolute Gasteiger partial charge is 0.261 e.